The molecule has 6 heteroatoms. The van der Waals surface area contributed by atoms with Gasteiger partial charge in [-0.2, -0.15) is 0 Å². The van der Waals surface area contributed by atoms with Gasteiger partial charge in [0.1, 0.15) is 11.9 Å². The van der Waals surface area contributed by atoms with Crippen molar-refractivity contribution in [2.75, 3.05) is 6.61 Å². The van der Waals surface area contributed by atoms with Crippen molar-refractivity contribution in [2.24, 2.45) is 0 Å². The number of carbonyl (C=O) groups excluding carboxylic acids is 2. The minimum Gasteiger partial charge on any atom is -0.490 e. The molecule has 2 fully saturated rings. The summed E-state index contributed by atoms with van der Waals surface area (Å²) in [6, 6.07) is 22.3. The Bertz CT molecular complexity index is 1250. The highest BCUT2D eigenvalue weighted by Crippen LogP contribution is 2.38. The van der Waals surface area contributed by atoms with Crippen molar-refractivity contribution in [3.05, 3.63) is 94.5 Å². The minimum atomic E-state index is -0.322. The van der Waals surface area contributed by atoms with Crippen molar-refractivity contribution in [1.29, 1.82) is 0 Å². The number of aryl methyl sites for hydroxylation is 2. The van der Waals surface area contributed by atoms with Crippen LogP contribution in [0.5, 0.6) is 5.75 Å². The molecule has 0 radical (unpaired) electrons. The molecule has 5 nitrogen and oxygen atoms in total. The Labute approximate surface area is 229 Å². The van der Waals surface area contributed by atoms with Crippen LogP contribution in [0.15, 0.2) is 71.6 Å². The predicted octanol–water partition coefficient (Wildman–Crippen LogP) is 6.99. The molecule has 2 bridgehead atoms. The number of esters is 1. The lowest BCUT2D eigenvalue weighted by Gasteiger charge is -2.39. The van der Waals surface area contributed by atoms with Gasteiger partial charge in [0.05, 0.1) is 12.2 Å². The number of ether oxygens (including phenoxy) is 2. The van der Waals surface area contributed by atoms with Crippen LogP contribution >= 0.6 is 11.8 Å². The first-order valence-electron chi connectivity index (χ1n) is 13.5. The molecule has 1 unspecified atom stereocenters. The number of piperidine rings is 1. The monoisotopic (exact) mass is 529 g/mol. The average Bonchev–Trinajstić information content (AvgIpc) is 3.17. The summed E-state index contributed by atoms with van der Waals surface area (Å²) in [6.07, 6.45) is 3.75. The lowest BCUT2D eigenvalue weighted by Crippen LogP contribution is -2.49. The summed E-state index contributed by atoms with van der Waals surface area (Å²) in [4.78, 5) is 28.7. The minimum absolute atomic E-state index is 0.0645. The van der Waals surface area contributed by atoms with Crippen molar-refractivity contribution in [3.8, 4) is 5.75 Å². The SMILES string of the molecule is CCOC(=O)c1ccc(OC2C[C@H]3CC[C@@H](C2)N3C(=O)c2ccc(CSc3cc(C)cc(C)c3)cc2)cc1. The highest BCUT2D eigenvalue weighted by Gasteiger charge is 2.44. The lowest BCUT2D eigenvalue weighted by molar-refractivity contribution is 0.0359. The number of hydrogen-bond donors (Lipinski definition) is 0. The maximum atomic E-state index is 13.5. The highest BCUT2D eigenvalue weighted by atomic mass is 32.2. The number of hydrogen-bond acceptors (Lipinski definition) is 5. The lowest BCUT2D eigenvalue weighted by atomic mass is 9.98. The van der Waals surface area contributed by atoms with Gasteiger partial charge in [-0.3, -0.25) is 4.79 Å². The molecule has 3 aromatic rings. The summed E-state index contributed by atoms with van der Waals surface area (Å²) < 4.78 is 11.3. The van der Waals surface area contributed by atoms with Gasteiger partial charge in [-0.25, -0.2) is 4.79 Å². The maximum absolute atomic E-state index is 13.5. The number of rotatable bonds is 8. The zero-order valence-corrected chi connectivity index (χ0v) is 23.1. The first-order chi connectivity index (χ1) is 18.4. The van der Waals surface area contributed by atoms with E-state index in [0.717, 1.165) is 42.7 Å². The van der Waals surface area contributed by atoms with E-state index in [4.69, 9.17) is 9.47 Å². The number of carbonyl (C=O) groups is 2. The second kappa shape index (κ2) is 11.6. The zero-order chi connectivity index (χ0) is 26.6. The number of thioether (sulfide) groups is 1. The normalized spacial score (nSPS) is 20.3. The Morgan fingerprint density at radius 3 is 2.08 bits per heavy atom. The number of fused-ring (bicyclic) bond motifs is 2. The predicted molar refractivity (Wildman–Crippen MR) is 151 cm³/mol. The van der Waals surface area contributed by atoms with Crippen LogP contribution < -0.4 is 4.74 Å². The van der Waals surface area contributed by atoms with Crippen molar-refractivity contribution in [1.82, 2.24) is 4.90 Å². The fourth-order valence-electron chi connectivity index (χ4n) is 5.71. The molecule has 0 N–H and O–H groups in total. The van der Waals surface area contributed by atoms with Crippen molar-refractivity contribution in [2.45, 2.75) is 75.3 Å². The highest BCUT2D eigenvalue weighted by molar-refractivity contribution is 7.98. The van der Waals surface area contributed by atoms with Gasteiger partial charge in [-0.1, -0.05) is 18.2 Å². The molecule has 0 saturated carbocycles. The van der Waals surface area contributed by atoms with Crippen LogP contribution in [0.1, 0.15) is 70.0 Å². The Morgan fingerprint density at radius 2 is 1.47 bits per heavy atom. The molecule has 2 saturated heterocycles. The van der Waals surface area contributed by atoms with E-state index in [9.17, 15) is 9.59 Å². The zero-order valence-electron chi connectivity index (χ0n) is 22.3. The Balaban J connectivity index is 1.17. The van der Waals surface area contributed by atoms with E-state index in [1.165, 1.54) is 21.6 Å². The third kappa shape index (κ3) is 6.07. The van der Waals surface area contributed by atoms with Gasteiger partial charge < -0.3 is 14.4 Å². The summed E-state index contributed by atoms with van der Waals surface area (Å²) in [7, 11) is 0. The Kier molecular flexibility index (Phi) is 8.08. The van der Waals surface area contributed by atoms with Crippen molar-refractivity contribution >= 4 is 23.6 Å². The third-order valence-corrected chi connectivity index (χ3v) is 8.44. The molecule has 38 heavy (non-hydrogen) atoms. The molecule has 0 aromatic heterocycles. The summed E-state index contributed by atoms with van der Waals surface area (Å²) in [6.45, 7) is 6.41. The number of nitrogens with zero attached hydrogens (tertiary/aromatic N) is 1. The first-order valence-corrected chi connectivity index (χ1v) is 14.4. The molecule has 5 rings (SSSR count). The van der Waals surface area contributed by atoms with Gasteiger partial charge in [0, 0.05) is 41.1 Å². The molecule has 0 aliphatic carbocycles. The quantitative estimate of drug-likeness (QED) is 0.233. The number of benzene rings is 3. The average molecular weight is 530 g/mol. The van der Waals surface area contributed by atoms with Crippen LogP contribution in [-0.4, -0.2) is 41.6 Å². The van der Waals surface area contributed by atoms with Crippen LogP contribution in [0, 0.1) is 13.8 Å². The van der Waals surface area contributed by atoms with E-state index in [0.29, 0.717) is 12.2 Å². The molecule has 2 aliphatic heterocycles. The molecule has 0 spiro atoms. The second-order valence-electron chi connectivity index (χ2n) is 10.4. The fraction of sp³-hybridized carbons (Fsp3) is 0.375. The van der Waals surface area contributed by atoms with E-state index in [1.807, 2.05) is 36.0 Å². The van der Waals surface area contributed by atoms with E-state index in [1.54, 1.807) is 19.1 Å². The van der Waals surface area contributed by atoms with Crippen LogP contribution in [0.3, 0.4) is 0 Å². The van der Waals surface area contributed by atoms with Crippen LogP contribution in [0.2, 0.25) is 0 Å². The van der Waals surface area contributed by atoms with Gasteiger partial charge in [0.15, 0.2) is 0 Å². The molecule has 3 atom stereocenters. The molecular weight excluding hydrogens is 494 g/mol. The fourth-order valence-corrected chi connectivity index (χ4v) is 6.77. The van der Waals surface area contributed by atoms with Crippen molar-refractivity contribution < 1.29 is 19.1 Å². The molecule has 2 heterocycles. The van der Waals surface area contributed by atoms with Gasteiger partial charge >= 0.3 is 5.97 Å². The van der Waals surface area contributed by atoms with Crippen LogP contribution in [-0.2, 0) is 10.5 Å². The Hall–Kier alpha value is -3.25. The summed E-state index contributed by atoms with van der Waals surface area (Å²) >= 11 is 1.83. The maximum Gasteiger partial charge on any atom is 0.338 e. The third-order valence-electron chi connectivity index (χ3n) is 7.39. The molecular formula is C32H35NO4S. The van der Waals surface area contributed by atoms with Gasteiger partial charge in [-0.15, -0.1) is 11.8 Å². The molecule has 198 valence electrons. The van der Waals surface area contributed by atoms with E-state index in [-0.39, 0.29) is 30.1 Å². The second-order valence-corrected chi connectivity index (χ2v) is 11.4. The summed E-state index contributed by atoms with van der Waals surface area (Å²) in [5.74, 6) is 1.43. The largest absolute Gasteiger partial charge is 0.490 e. The van der Waals surface area contributed by atoms with Crippen LogP contribution in [0.25, 0.3) is 0 Å². The molecule has 2 aliphatic rings. The van der Waals surface area contributed by atoms with E-state index in [2.05, 4.69) is 49.1 Å². The molecule has 3 aromatic carbocycles. The van der Waals surface area contributed by atoms with E-state index >= 15 is 0 Å². The standard InChI is InChI=1S/C32H35NO4S/c1-4-36-32(35)25-9-13-28(14-10-25)37-29-18-26-11-12-27(19-29)33(26)31(34)24-7-5-23(6-8-24)20-38-30-16-21(2)15-22(3)17-30/h5-10,13-17,26-27,29H,4,11-12,18-20H2,1-3H3/t26-,27+,29?. The number of amides is 1. The smallest absolute Gasteiger partial charge is 0.338 e. The van der Waals surface area contributed by atoms with Gasteiger partial charge in [0.25, 0.3) is 5.91 Å². The summed E-state index contributed by atoms with van der Waals surface area (Å²) in [5.41, 5.74) is 5.06. The Morgan fingerprint density at radius 1 is 0.868 bits per heavy atom. The van der Waals surface area contributed by atoms with Gasteiger partial charge in [0.2, 0.25) is 0 Å². The molecule has 1 amide bonds. The van der Waals surface area contributed by atoms with E-state index < -0.39 is 0 Å². The van der Waals surface area contributed by atoms with Crippen molar-refractivity contribution in [3.63, 3.8) is 0 Å². The van der Waals surface area contributed by atoms with Gasteiger partial charge in [-0.05, 0) is 98.8 Å². The summed E-state index contributed by atoms with van der Waals surface area (Å²) in [5, 5.41) is 0. The van der Waals surface area contributed by atoms with Crippen LogP contribution in [0.4, 0.5) is 0 Å². The first kappa shape index (κ1) is 26.4. The topological polar surface area (TPSA) is 55.8 Å².